The van der Waals surface area contributed by atoms with Crippen molar-refractivity contribution >= 4 is 66.0 Å². The van der Waals surface area contributed by atoms with Gasteiger partial charge in [-0.2, -0.15) is 0 Å². The Morgan fingerprint density at radius 2 is 1.78 bits per heavy atom. The fourth-order valence-electron chi connectivity index (χ4n) is 3.79. The topological polar surface area (TPSA) is 73.2 Å². The van der Waals surface area contributed by atoms with Crippen molar-refractivity contribution in [1.82, 2.24) is 9.55 Å². The van der Waals surface area contributed by atoms with E-state index in [0.29, 0.717) is 38.2 Å². The van der Waals surface area contributed by atoms with Crippen LogP contribution in [0.5, 0.6) is 5.75 Å². The first-order chi connectivity index (χ1) is 15.5. The van der Waals surface area contributed by atoms with Gasteiger partial charge in [-0.1, -0.05) is 46.3 Å². The summed E-state index contributed by atoms with van der Waals surface area (Å²) >= 11 is 6.96. The van der Waals surface area contributed by atoms with Crippen LogP contribution in [0.15, 0.2) is 74.4 Å². The number of carbonyl (C=O) groups excluding carboxylic acids is 1. The highest BCUT2D eigenvalue weighted by Crippen LogP contribution is 2.34. The number of halogens is 2. The molecule has 0 radical (unpaired) electrons. The zero-order valence-corrected chi connectivity index (χ0v) is 19.9. The molecule has 1 aromatic heterocycles. The van der Waals surface area contributed by atoms with Crippen LogP contribution in [0, 0.1) is 0 Å². The van der Waals surface area contributed by atoms with Gasteiger partial charge >= 0.3 is 0 Å². The van der Waals surface area contributed by atoms with Gasteiger partial charge in [0, 0.05) is 20.2 Å². The Kier molecular flexibility index (Phi) is 5.19. The van der Waals surface area contributed by atoms with Crippen LogP contribution >= 0.6 is 31.9 Å². The molecule has 1 aliphatic heterocycles. The van der Waals surface area contributed by atoms with Crippen LogP contribution in [0.3, 0.4) is 0 Å². The molecule has 8 heteroatoms. The Hall–Kier alpha value is -3.23. The Bertz CT molecular complexity index is 1510. The molecule has 4 aromatic rings. The summed E-state index contributed by atoms with van der Waals surface area (Å²) in [5.41, 5.74) is 2.67. The van der Waals surface area contributed by atoms with Gasteiger partial charge in [0.15, 0.2) is 0 Å². The highest BCUT2D eigenvalue weighted by atomic mass is 79.9. The Labute approximate surface area is 199 Å². The number of ether oxygens (including phenoxy) is 1. The van der Waals surface area contributed by atoms with Crippen molar-refractivity contribution in [2.75, 3.05) is 12.4 Å². The van der Waals surface area contributed by atoms with Crippen LogP contribution in [0.25, 0.3) is 28.2 Å². The van der Waals surface area contributed by atoms with E-state index in [4.69, 9.17) is 9.72 Å². The number of fused-ring (bicyclic) bond motifs is 2. The van der Waals surface area contributed by atoms with Gasteiger partial charge < -0.3 is 10.1 Å². The standard InChI is InChI=1S/C24H15Br2N3O3/c1-32-20-9-5-4-8-19(20)29-21(12-15-14-6-2-3-7-18(14)27-23(15)30)28-22-16(24(29)31)10-13(25)11-17(22)26/h2-12H,1H3,(H,27,30). The molecule has 5 rings (SSSR count). The van der Waals surface area contributed by atoms with Crippen molar-refractivity contribution in [1.29, 1.82) is 0 Å². The van der Waals surface area contributed by atoms with Crippen LogP contribution in [-0.4, -0.2) is 22.6 Å². The molecular weight excluding hydrogens is 538 g/mol. The molecule has 2 heterocycles. The smallest absolute Gasteiger partial charge is 0.266 e. The third-order valence-corrected chi connectivity index (χ3v) is 6.29. The molecule has 0 atom stereocenters. The van der Waals surface area contributed by atoms with Gasteiger partial charge in [-0.25, -0.2) is 4.98 Å². The summed E-state index contributed by atoms with van der Waals surface area (Å²) in [6.45, 7) is 0. The quantitative estimate of drug-likeness (QED) is 0.345. The summed E-state index contributed by atoms with van der Waals surface area (Å²) in [5, 5.41) is 3.28. The Morgan fingerprint density at radius 3 is 2.59 bits per heavy atom. The lowest BCUT2D eigenvalue weighted by Gasteiger charge is -2.15. The normalized spacial score (nSPS) is 14.0. The van der Waals surface area contributed by atoms with E-state index >= 15 is 0 Å². The molecular formula is C24H15Br2N3O3. The third kappa shape index (κ3) is 3.36. The molecule has 32 heavy (non-hydrogen) atoms. The van der Waals surface area contributed by atoms with E-state index in [-0.39, 0.29) is 11.5 Å². The monoisotopic (exact) mass is 551 g/mol. The lowest BCUT2D eigenvalue weighted by atomic mass is 10.1. The first-order valence-corrected chi connectivity index (χ1v) is 11.2. The molecule has 0 saturated carbocycles. The van der Waals surface area contributed by atoms with Crippen LogP contribution in [0.2, 0.25) is 0 Å². The lowest BCUT2D eigenvalue weighted by molar-refractivity contribution is -0.110. The molecule has 0 bridgehead atoms. The van der Waals surface area contributed by atoms with E-state index in [1.54, 1.807) is 31.4 Å². The third-order valence-electron chi connectivity index (χ3n) is 5.23. The second-order valence-electron chi connectivity index (χ2n) is 7.12. The number of nitrogens with one attached hydrogen (secondary N) is 1. The number of methoxy groups -OCH3 is 1. The largest absolute Gasteiger partial charge is 0.495 e. The number of carbonyl (C=O) groups is 1. The van der Waals surface area contributed by atoms with Gasteiger partial charge in [-0.05, 0) is 52.3 Å². The number of amides is 1. The summed E-state index contributed by atoms with van der Waals surface area (Å²) in [5.74, 6) is 0.583. The minimum Gasteiger partial charge on any atom is -0.495 e. The van der Waals surface area contributed by atoms with E-state index in [1.165, 1.54) is 4.57 Å². The fourth-order valence-corrected chi connectivity index (χ4v) is 5.10. The summed E-state index contributed by atoms with van der Waals surface area (Å²) in [6, 6.07) is 18.2. The average Bonchev–Trinajstić information content (AvgIpc) is 3.10. The Balaban J connectivity index is 1.88. The molecule has 1 aliphatic rings. The van der Waals surface area contributed by atoms with Crippen LogP contribution in [0.4, 0.5) is 5.69 Å². The van der Waals surface area contributed by atoms with Crippen LogP contribution in [0.1, 0.15) is 11.4 Å². The molecule has 158 valence electrons. The summed E-state index contributed by atoms with van der Waals surface area (Å²) in [6.07, 6.45) is 1.64. The van der Waals surface area contributed by atoms with Crippen molar-refractivity contribution in [3.05, 3.63) is 91.4 Å². The number of nitrogens with zero attached hydrogens (tertiary/aromatic N) is 2. The van der Waals surface area contributed by atoms with E-state index in [9.17, 15) is 9.59 Å². The first kappa shape index (κ1) is 20.7. The van der Waals surface area contributed by atoms with Gasteiger partial charge in [0.1, 0.15) is 11.6 Å². The predicted octanol–water partition coefficient (Wildman–Crippen LogP) is 5.41. The number of aromatic nitrogens is 2. The molecule has 0 unspecified atom stereocenters. The Morgan fingerprint density at radius 1 is 1.03 bits per heavy atom. The van der Waals surface area contributed by atoms with Crippen molar-refractivity contribution in [2.24, 2.45) is 0 Å². The number of para-hydroxylation sites is 3. The average molecular weight is 553 g/mol. The number of hydrogen-bond acceptors (Lipinski definition) is 4. The van der Waals surface area contributed by atoms with E-state index in [0.717, 1.165) is 15.7 Å². The molecule has 1 amide bonds. The van der Waals surface area contributed by atoms with Crippen LogP contribution < -0.4 is 15.6 Å². The van der Waals surface area contributed by atoms with Gasteiger partial charge in [-0.3, -0.25) is 14.2 Å². The number of anilines is 1. The molecule has 0 saturated heterocycles. The van der Waals surface area contributed by atoms with Crippen molar-refractivity contribution in [2.45, 2.75) is 0 Å². The predicted molar refractivity (Wildman–Crippen MR) is 132 cm³/mol. The van der Waals surface area contributed by atoms with E-state index in [1.807, 2.05) is 42.5 Å². The van der Waals surface area contributed by atoms with Gasteiger partial charge in [0.25, 0.3) is 11.5 Å². The number of rotatable bonds is 3. The molecule has 0 spiro atoms. The number of hydrogen-bond donors (Lipinski definition) is 1. The number of benzene rings is 3. The minimum atomic E-state index is -0.278. The van der Waals surface area contributed by atoms with Crippen molar-refractivity contribution in [3.8, 4) is 11.4 Å². The minimum absolute atomic E-state index is 0.248. The van der Waals surface area contributed by atoms with E-state index in [2.05, 4.69) is 37.2 Å². The first-order valence-electron chi connectivity index (χ1n) is 9.65. The van der Waals surface area contributed by atoms with E-state index < -0.39 is 0 Å². The zero-order valence-electron chi connectivity index (χ0n) is 16.7. The van der Waals surface area contributed by atoms with Gasteiger partial charge in [0.05, 0.1) is 29.3 Å². The van der Waals surface area contributed by atoms with Gasteiger partial charge in [-0.15, -0.1) is 0 Å². The maximum atomic E-state index is 13.7. The second kappa shape index (κ2) is 8.03. The lowest BCUT2D eigenvalue weighted by Crippen LogP contribution is -2.23. The van der Waals surface area contributed by atoms with Crippen molar-refractivity contribution < 1.29 is 9.53 Å². The highest BCUT2D eigenvalue weighted by molar-refractivity contribution is 9.11. The maximum Gasteiger partial charge on any atom is 0.266 e. The second-order valence-corrected chi connectivity index (χ2v) is 8.89. The molecule has 3 aromatic carbocycles. The molecule has 0 aliphatic carbocycles. The molecule has 1 N–H and O–H groups in total. The van der Waals surface area contributed by atoms with Gasteiger partial charge in [0.2, 0.25) is 0 Å². The zero-order chi connectivity index (χ0) is 22.4. The van der Waals surface area contributed by atoms with Crippen molar-refractivity contribution in [3.63, 3.8) is 0 Å². The summed E-state index contributed by atoms with van der Waals surface area (Å²) in [4.78, 5) is 31.2. The van der Waals surface area contributed by atoms with Crippen LogP contribution in [-0.2, 0) is 4.79 Å². The summed E-state index contributed by atoms with van der Waals surface area (Å²) < 4.78 is 8.40. The highest BCUT2D eigenvalue weighted by Gasteiger charge is 2.25. The molecule has 6 nitrogen and oxygen atoms in total. The molecule has 0 fully saturated rings. The maximum absolute atomic E-state index is 13.7. The fraction of sp³-hybridized carbons (Fsp3) is 0.0417. The summed E-state index contributed by atoms with van der Waals surface area (Å²) in [7, 11) is 1.55. The SMILES string of the molecule is COc1ccccc1-n1c(C=C2C(=O)Nc3ccccc32)nc2c(Br)cc(Br)cc2c1=O.